The van der Waals surface area contributed by atoms with Gasteiger partial charge >= 0.3 is 37.7 Å². The van der Waals surface area contributed by atoms with Gasteiger partial charge in [0.25, 0.3) is 9.12 Å². The molecule has 0 aromatic rings. The maximum absolute atomic E-state index is 7.94. The Labute approximate surface area is 69.9 Å². The van der Waals surface area contributed by atoms with Crippen LogP contribution in [0.5, 0.6) is 0 Å². The van der Waals surface area contributed by atoms with E-state index in [4.69, 9.17) is 4.57 Å². The average molecular weight is 154 g/mol. The Kier molecular flexibility index (Phi) is 83.9. The first-order valence-electron chi connectivity index (χ1n) is 0.183. The van der Waals surface area contributed by atoms with Gasteiger partial charge in [-0.15, -0.1) is 0 Å². The fourth-order valence-electron chi connectivity index (χ4n) is 0. The van der Waals surface area contributed by atoms with Crippen LogP contribution >= 0.6 is 9.12 Å². The van der Waals surface area contributed by atoms with E-state index in [-0.39, 0.29) is 57.2 Å². The van der Waals surface area contributed by atoms with Crippen molar-refractivity contribution in [3.63, 3.8) is 0 Å². The van der Waals surface area contributed by atoms with Crippen LogP contribution in [0, 0.1) is 0 Å². The van der Waals surface area contributed by atoms with Gasteiger partial charge in [-0.05, 0) is 0 Å². The molecule has 0 aliphatic rings. The summed E-state index contributed by atoms with van der Waals surface area (Å²) < 4.78 is 7.94. The molecule has 1 radical (unpaired) electrons. The van der Waals surface area contributed by atoms with Gasteiger partial charge in [-0.3, -0.25) is 4.57 Å². The van der Waals surface area contributed by atoms with Crippen LogP contribution < -0.4 is 0 Å². The summed E-state index contributed by atoms with van der Waals surface area (Å²) in [5.74, 6) is 0. The van der Waals surface area contributed by atoms with Gasteiger partial charge in [0.15, 0.2) is 0 Å². The van der Waals surface area contributed by atoms with Crippen LogP contribution in [0.3, 0.4) is 0 Å². The van der Waals surface area contributed by atoms with Gasteiger partial charge in [0.1, 0.15) is 0 Å². The molecule has 0 atom stereocenters. The summed E-state index contributed by atoms with van der Waals surface area (Å²) in [5, 5.41) is 0. The van der Waals surface area contributed by atoms with E-state index in [9.17, 15) is 0 Å². The molecule has 0 saturated heterocycles. The largest absolute Gasteiger partial charge is 0 e. The summed E-state index contributed by atoms with van der Waals surface area (Å²) in [4.78, 5) is 0. The standard InChI is InChI=1S/Ca.OP.Zn.2H/c;1-2;;;. The van der Waals surface area contributed by atoms with Crippen LogP contribution in [0.4, 0.5) is 0 Å². The Hall–Kier alpha value is 1.98. The van der Waals surface area contributed by atoms with Gasteiger partial charge in [0.2, 0.25) is 0 Å². The zero-order valence-corrected chi connectivity index (χ0v) is 5.42. The molecule has 0 aromatic carbocycles. The molecule has 0 rings (SSSR count). The van der Waals surface area contributed by atoms with E-state index in [0.717, 1.165) is 0 Å². The second-order valence-corrected chi connectivity index (χ2v) is 0. The quantitative estimate of drug-likeness (QED) is 0.350. The van der Waals surface area contributed by atoms with E-state index in [0.29, 0.717) is 0 Å². The van der Waals surface area contributed by atoms with Gasteiger partial charge in [0.05, 0.1) is 0 Å². The molecule has 0 N–H and O–H groups in total. The molecule has 4 heteroatoms. The van der Waals surface area contributed by atoms with Crippen molar-refractivity contribution in [3.05, 3.63) is 0 Å². The molecule has 0 aliphatic carbocycles. The van der Waals surface area contributed by atoms with E-state index in [1.165, 1.54) is 0 Å². The normalized spacial score (nSPS) is 1.00. The van der Waals surface area contributed by atoms with Crippen LogP contribution in [-0.2, 0) is 24.0 Å². The first-order valence-corrected chi connectivity index (χ1v) is 0.548. The summed E-state index contributed by atoms with van der Waals surface area (Å²) in [7, 11) is 2.28. The minimum atomic E-state index is 0. The molecule has 0 bridgehead atoms. The van der Waals surface area contributed by atoms with Crippen molar-refractivity contribution in [1.29, 1.82) is 0 Å². The molecule has 0 spiro atoms. The Morgan fingerprint density at radius 2 is 1.25 bits per heavy atom. The van der Waals surface area contributed by atoms with E-state index < -0.39 is 0 Å². The first kappa shape index (κ1) is 16.7. The van der Waals surface area contributed by atoms with Crippen LogP contribution in [-0.4, -0.2) is 37.7 Å². The maximum atomic E-state index is 7.94. The molecule has 17 valence electrons. The number of rotatable bonds is 0. The number of hydrogen-bond acceptors (Lipinski definition) is 1. The van der Waals surface area contributed by atoms with Crippen LogP contribution in [0.15, 0.2) is 0 Å². The van der Waals surface area contributed by atoms with Crippen molar-refractivity contribution in [2.75, 3.05) is 0 Å². The van der Waals surface area contributed by atoms with Gasteiger partial charge < -0.3 is 0 Å². The van der Waals surface area contributed by atoms with Gasteiger partial charge in [-0.2, -0.15) is 0 Å². The third-order valence-electron chi connectivity index (χ3n) is 0. The molecule has 0 heterocycles. The van der Waals surface area contributed by atoms with Crippen molar-refractivity contribution in [2.45, 2.75) is 0 Å². The van der Waals surface area contributed by atoms with E-state index in [1.54, 1.807) is 0 Å². The van der Waals surface area contributed by atoms with Gasteiger partial charge in [-0.25, -0.2) is 0 Å². The predicted molar refractivity (Wildman–Crippen MR) is 16.2 cm³/mol. The zero-order chi connectivity index (χ0) is 2.00. The topological polar surface area (TPSA) is 17.1 Å². The summed E-state index contributed by atoms with van der Waals surface area (Å²) in [6.07, 6.45) is 0. The Morgan fingerprint density at radius 3 is 1.25 bits per heavy atom. The second-order valence-electron chi connectivity index (χ2n) is 0. The fraction of sp³-hybridized carbons (Fsp3) is 0. The first-order chi connectivity index (χ1) is 1.00. The van der Waals surface area contributed by atoms with Crippen molar-refractivity contribution in [2.24, 2.45) is 0 Å². The van der Waals surface area contributed by atoms with Gasteiger partial charge in [0, 0.05) is 19.5 Å². The molecule has 4 heavy (non-hydrogen) atoms. The molecule has 1 nitrogen and oxygen atoms in total. The molecular formula is H2CaOPZn. The molecule has 0 unspecified atom stereocenters. The van der Waals surface area contributed by atoms with E-state index in [1.807, 2.05) is 0 Å². The minimum Gasteiger partial charge on any atom is 0 e. The zero-order valence-electron chi connectivity index (χ0n) is 1.56. The van der Waals surface area contributed by atoms with Crippen molar-refractivity contribution < 1.29 is 24.0 Å². The summed E-state index contributed by atoms with van der Waals surface area (Å²) in [6, 6.07) is 0. The Balaban J connectivity index is -0.00000000500. The van der Waals surface area contributed by atoms with Crippen LogP contribution in [0.2, 0.25) is 0 Å². The Bertz CT molecular complexity index is 8.00. The summed E-state index contributed by atoms with van der Waals surface area (Å²) >= 11 is 0. The Morgan fingerprint density at radius 1 is 1.25 bits per heavy atom. The molecule has 0 amide bonds. The third-order valence-corrected chi connectivity index (χ3v) is 0. The summed E-state index contributed by atoms with van der Waals surface area (Å²) in [5.41, 5.74) is 0. The van der Waals surface area contributed by atoms with E-state index in [2.05, 4.69) is 9.12 Å². The summed E-state index contributed by atoms with van der Waals surface area (Å²) in [6.45, 7) is 0. The number of hydrogen-bond donors (Lipinski definition) is 0. The fourth-order valence-corrected chi connectivity index (χ4v) is 0. The van der Waals surface area contributed by atoms with Crippen molar-refractivity contribution in [3.8, 4) is 0 Å². The maximum Gasteiger partial charge on any atom is 0 e. The molecular weight excluding hydrogens is 152 g/mol. The molecule has 0 saturated carbocycles. The third kappa shape index (κ3) is 9.01. The van der Waals surface area contributed by atoms with Crippen molar-refractivity contribution >= 4 is 46.9 Å². The van der Waals surface area contributed by atoms with Crippen LogP contribution in [0.1, 0.15) is 0 Å². The molecule has 0 aromatic heterocycles. The van der Waals surface area contributed by atoms with Gasteiger partial charge in [-0.1, -0.05) is 0 Å². The smallest absolute Gasteiger partial charge is 0 e. The van der Waals surface area contributed by atoms with E-state index >= 15 is 0 Å². The second kappa shape index (κ2) is 20.1. The monoisotopic (exact) mass is 153 g/mol. The minimum absolute atomic E-state index is 0. The predicted octanol–water partition coefficient (Wildman–Crippen LogP) is -0.176. The SMILES string of the molecule is O=[P].[CaH2].[Zn]. The average Bonchev–Trinajstić information content (AvgIpc) is 1.00. The van der Waals surface area contributed by atoms with Crippen molar-refractivity contribution in [1.82, 2.24) is 0 Å². The molecule has 0 fully saturated rings. The van der Waals surface area contributed by atoms with Crippen LogP contribution in [0.25, 0.3) is 0 Å². The molecule has 0 aliphatic heterocycles.